The number of halogens is 4. The van der Waals surface area contributed by atoms with Crippen LogP contribution in [0.25, 0.3) is 114 Å². The number of fused-ring (bicyclic) bond motifs is 6. The molecule has 0 bridgehead atoms. The highest BCUT2D eigenvalue weighted by atomic mass is 32.1. The van der Waals surface area contributed by atoms with Crippen LogP contribution in [0.4, 0.5) is 17.6 Å². The van der Waals surface area contributed by atoms with Crippen LogP contribution in [-0.2, 0) is 12.8 Å². The molecule has 0 spiro atoms. The molecule has 0 radical (unpaired) electrons. The summed E-state index contributed by atoms with van der Waals surface area (Å²) in [5.41, 5.74) is 4.31. The highest BCUT2D eigenvalue weighted by Crippen LogP contribution is 2.59. The van der Waals surface area contributed by atoms with E-state index in [4.69, 9.17) is 36.4 Å². The van der Waals surface area contributed by atoms with Crippen molar-refractivity contribution in [2.45, 2.75) is 533 Å². The van der Waals surface area contributed by atoms with Crippen molar-refractivity contribution in [2.75, 3.05) is 26.4 Å². The van der Waals surface area contributed by atoms with E-state index in [1.807, 2.05) is 0 Å². The summed E-state index contributed by atoms with van der Waals surface area (Å²) in [7, 11) is 0. The minimum absolute atomic E-state index is 0.0883. The second-order valence-corrected chi connectivity index (χ2v) is 52.8. The molecular formula is C130H194F4N4O4S8. The van der Waals surface area contributed by atoms with Crippen molar-refractivity contribution in [3.8, 4) is 74.5 Å². The number of benzene rings is 4. The molecule has 834 valence electrons. The molecule has 0 saturated heterocycles. The van der Waals surface area contributed by atoms with E-state index < -0.39 is 23.3 Å². The fraction of sp³-hybridized carbons (Fsp3) is 0.692. The van der Waals surface area contributed by atoms with Gasteiger partial charge in [-0.15, -0.1) is 68.0 Å². The Morgan fingerprint density at radius 2 is 0.440 bits per heavy atom. The first-order valence-corrected chi connectivity index (χ1v) is 68.1. The predicted molar refractivity (Wildman–Crippen MR) is 656 cm³/mol. The van der Waals surface area contributed by atoms with E-state index >= 15 is 17.6 Å². The van der Waals surface area contributed by atoms with Gasteiger partial charge in [0.2, 0.25) is 0 Å². The number of rotatable bonds is 87. The van der Waals surface area contributed by atoms with Gasteiger partial charge in [-0.2, -0.15) is 17.5 Å². The normalized spacial score (nSPS) is 12.9. The number of hydrogen-bond acceptors (Lipinski definition) is 16. The average molecular weight is 2210 g/mol. The molecule has 4 atom stereocenters. The molecule has 0 aliphatic heterocycles. The summed E-state index contributed by atoms with van der Waals surface area (Å²) in [6.45, 7) is 29.4. The lowest BCUT2D eigenvalue weighted by Crippen LogP contribution is -2.14. The third kappa shape index (κ3) is 36.9. The Morgan fingerprint density at radius 3 is 0.727 bits per heavy atom. The zero-order valence-electron chi connectivity index (χ0n) is 95.3. The van der Waals surface area contributed by atoms with E-state index in [0.29, 0.717) is 79.8 Å². The van der Waals surface area contributed by atoms with E-state index in [2.05, 4.69) is 119 Å². The number of unbranched alkanes of at least 4 members (excludes halogenated alkanes) is 50. The summed E-state index contributed by atoms with van der Waals surface area (Å²) in [4.78, 5) is 6.75. The maximum atomic E-state index is 19.4. The van der Waals surface area contributed by atoms with E-state index in [1.54, 1.807) is 22.7 Å². The largest absolute Gasteiger partial charge is 0.491 e. The maximum Gasteiger partial charge on any atom is 0.170 e. The predicted octanol–water partition coefficient (Wildman–Crippen LogP) is 48.0. The second-order valence-electron chi connectivity index (χ2n) is 45.0. The first-order valence-electron chi connectivity index (χ1n) is 61.7. The second kappa shape index (κ2) is 69.8. The standard InChI is InChI=1S/C130H194F4N4O4S8/c1-13-23-33-43-49-51-53-55-61-71-81-99-84-105(144-94(99)12)110-114(131)115(132)111(119-118(110)135-149-136-119)106-85-100(82-72-62-56-54-52-50-44-34-24-14-2)126(145-106)109-88-104-125(142-92-98(76-66-42-32-22-10)80-70-60-48-38-28-18-6)129-103(124(130(104)148-109)141-91-97(75-65-41-31-21-9)79-69-59-47-37-27-17-5)87-108(147-129)113-117(134)116(133)112(120-121(113)138-150-137-120)107-86-102-123(140-90-96(74-64-40-30-20-8)78-68-58-46-36-26-16-4)127-101(83-93(11)143-127)122(128(102)146-107)139-89-95(73-63-39-29-19-7)77-67-57-45-35-25-15-3/h83-88,95-98H,13-82,89-92H2,1-12H3. The molecule has 0 fully saturated rings. The number of nitrogens with zero attached hydrogens (tertiary/aromatic N) is 4. The minimum atomic E-state index is -0.961. The van der Waals surface area contributed by atoms with Crippen LogP contribution in [0.3, 0.4) is 0 Å². The van der Waals surface area contributed by atoms with Crippen LogP contribution in [0.15, 0.2) is 36.4 Å². The van der Waals surface area contributed by atoms with Gasteiger partial charge < -0.3 is 18.9 Å². The smallest absolute Gasteiger partial charge is 0.170 e. The van der Waals surface area contributed by atoms with Gasteiger partial charge in [0.1, 0.15) is 45.1 Å². The molecule has 4 unspecified atom stereocenters. The van der Waals surface area contributed by atoms with Crippen molar-refractivity contribution in [3.63, 3.8) is 0 Å². The number of aromatic nitrogens is 4. The zero-order chi connectivity index (χ0) is 106. The highest BCUT2D eigenvalue weighted by Gasteiger charge is 2.35. The van der Waals surface area contributed by atoms with E-state index in [0.717, 1.165) is 242 Å². The molecule has 150 heavy (non-hydrogen) atoms. The van der Waals surface area contributed by atoms with E-state index in [1.165, 1.54) is 370 Å². The van der Waals surface area contributed by atoms with Gasteiger partial charge in [-0.1, -0.05) is 442 Å². The SMILES string of the molecule is CCCCCCCCCCCCc1cc(-c2c(F)c(F)c(-c3cc(CCCCCCCCCCCC)c(-c4cc5c(OCC(CCCCCC)CCCCCCCC)c6sc(-c7c(F)c(F)c(-c8cc9c(OCC(CCCCCC)CCCCCCCC)c%10sc(C)cc%10c(OCC(CCCCCC)CCCCCCCC)c9s8)c8nsnc78)cc6c(OCC(CCCCCC)CCCCCCCC)c5s4)s3)c3nsnc23)sc1C. The number of hydrogen-bond donors (Lipinski definition) is 0. The lowest BCUT2D eigenvalue weighted by Gasteiger charge is -2.21. The molecular weight excluding hydrogens is 2010 g/mol. The van der Waals surface area contributed by atoms with E-state index in [-0.39, 0.29) is 34.1 Å². The van der Waals surface area contributed by atoms with Gasteiger partial charge in [0.05, 0.1) is 90.9 Å². The Hall–Kier alpha value is -5.32. The molecule has 12 rings (SSSR count). The molecule has 0 aliphatic rings. The monoisotopic (exact) mass is 2210 g/mol. The van der Waals surface area contributed by atoms with Crippen LogP contribution < -0.4 is 18.9 Å². The molecule has 8 heterocycles. The summed E-state index contributed by atoms with van der Waals surface area (Å²) < 4.78 is 129. The van der Waals surface area contributed by atoms with Gasteiger partial charge in [0.15, 0.2) is 23.3 Å². The Bertz CT molecular complexity index is 5620. The Balaban J connectivity index is 1.03. The van der Waals surface area contributed by atoms with Crippen LogP contribution in [0.5, 0.6) is 23.0 Å². The first-order chi connectivity index (χ1) is 73.6. The Morgan fingerprint density at radius 1 is 0.227 bits per heavy atom. The van der Waals surface area contributed by atoms with Gasteiger partial charge in [-0.3, -0.25) is 0 Å². The van der Waals surface area contributed by atoms with Crippen LogP contribution in [-0.4, -0.2) is 43.9 Å². The van der Waals surface area contributed by atoms with Crippen LogP contribution in [0.1, 0.15) is 527 Å². The quantitative estimate of drug-likeness (QED) is 0.0275. The summed E-state index contributed by atoms with van der Waals surface area (Å²) in [6.07, 6.45) is 83.1. The number of thiophene rings is 6. The van der Waals surface area contributed by atoms with Crippen molar-refractivity contribution in [1.82, 2.24) is 17.5 Å². The molecule has 0 saturated carbocycles. The topological polar surface area (TPSA) is 88.5 Å². The number of aryl methyl sites for hydroxylation is 4. The molecule has 0 N–H and O–H groups in total. The first kappa shape index (κ1) is 123. The fourth-order valence-corrected chi connectivity index (χ4v) is 31.3. The van der Waals surface area contributed by atoms with E-state index in [9.17, 15) is 0 Å². The van der Waals surface area contributed by atoms with Gasteiger partial charge in [0.25, 0.3) is 0 Å². The Labute approximate surface area is 937 Å². The van der Waals surface area contributed by atoms with Crippen molar-refractivity contribution >= 4 is 154 Å². The summed E-state index contributed by atoms with van der Waals surface area (Å²) in [6, 6.07) is 13.0. The minimum Gasteiger partial charge on any atom is -0.491 e. The summed E-state index contributed by atoms with van der Waals surface area (Å²) in [5.74, 6) is 0.669. The average Bonchev–Trinajstić information content (AvgIpc) is 1.56. The van der Waals surface area contributed by atoms with Gasteiger partial charge >= 0.3 is 0 Å². The third-order valence-electron chi connectivity index (χ3n) is 32.3. The summed E-state index contributed by atoms with van der Waals surface area (Å²) in [5, 5.41) is 3.61. The van der Waals surface area contributed by atoms with Gasteiger partial charge in [-0.25, -0.2) is 17.6 Å². The molecule has 20 heteroatoms. The molecule has 8 nitrogen and oxygen atoms in total. The van der Waals surface area contributed by atoms with Crippen molar-refractivity contribution in [1.29, 1.82) is 0 Å². The van der Waals surface area contributed by atoms with Gasteiger partial charge in [-0.05, 0) is 162 Å². The van der Waals surface area contributed by atoms with Crippen molar-refractivity contribution < 1.29 is 36.5 Å². The molecule has 8 aromatic heterocycles. The third-order valence-corrected chi connectivity index (χ3v) is 40.3. The zero-order valence-corrected chi connectivity index (χ0v) is 102. The molecule has 0 amide bonds. The summed E-state index contributed by atoms with van der Waals surface area (Å²) >= 11 is 11.5. The lowest BCUT2D eigenvalue weighted by atomic mass is 9.95. The van der Waals surface area contributed by atoms with Crippen LogP contribution in [0.2, 0.25) is 0 Å². The Kier molecular flexibility index (Phi) is 57.4. The lowest BCUT2D eigenvalue weighted by molar-refractivity contribution is 0.226. The fourth-order valence-electron chi connectivity index (χ4n) is 23.0. The highest BCUT2D eigenvalue weighted by molar-refractivity contribution is 7.28. The molecule has 0 aliphatic carbocycles. The molecule has 4 aromatic carbocycles. The van der Waals surface area contributed by atoms with Gasteiger partial charge in [0, 0.05) is 60.6 Å². The van der Waals surface area contributed by atoms with Crippen molar-refractivity contribution in [2.24, 2.45) is 23.7 Å². The van der Waals surface area contributed by atoms with Crippen LogP contribution in [0, 0.1) is 60.8 Å². The van der Waals surface area contributed by atoms with Crippen molar-refractivity contribution in [3.05, 3.63) is 80.5 Å². The molecule has 12 aromatic rings. The van der Waals surface area contributed by atoms with Crippen LogP contribution >= 0.6 is 91.5 Å². The maximum absolute atomic E-state index is 19.4. The number of ether oxygens (including phenoxy) is 4.